The van der Waals surface area contributed by atoms with Crippen molar-refractivity contribution in [3.63, 3.8) is 0 Å². The Morgan fingerprint density at radius 1 is 1.30 bits per heavy atom. The minimum absolute atomic E-state index is 0.0846. The second-order valence-electron chi connectivity index (χ2n) is 6.20. The fourth-order valence-corrected chi connectivity index (χ4v) is 4.19. The molecule has 2 fully saturated rings. The Bertz CT molecular complexity index is 743. The maximum Gasteiger partial charge on any atom is 0.291 e. The minimum Gasteiger partial charge on any atom is -0.497 e. The van der Waals surface area contributed by atoms with E-state index in [1.165, 1.54) is 0 Å². The fraction of sp³-hybridized carbons (Fsp3) is 0.421. The highest BCUT2D eigenvalue weighted by Crippen LogP contribution is 2.33. The summed E-state index contributed by atoms with van der Waals surface area (Å²) in [6.07, 6.45) is 2.91. The highest BCUT2D eigenvalue weighted by atomic mass is 32.2. The van der Waals surface area contributed by atoms with Crippen molar-refractivity contribution in [2.45, 2.75) is 12.8 Å². The summed E-state index contributed by atoms with van der Waals surface area (Å²) in [4.78, 5) is 29.2. The van der Waals surface area contributed by atoms with Crippen LogP contribution in [0.25, 0.3) is 6.08 Å². The standard InChI is InChI=1S/C19H22N2O4S2/c1-24-15-6-4-14(5-7-15)13-16-18(26)21(19(23)27-16)8-2-3-17(22)20-9-11-25-12-10-20/h4-7,13H,2-3,8-12H2,1H3/b16-13-. The Hall–Kier alpha value is -1.90. The van der Waals surface area contributed by atoms with Crippen LogP contribution in [0.5, 0.6) is 5.75 Å². The van der Waals surface area contributed by atoms with Gasteiger partial charge in [-0.05, 0) is 42.0 Å². The van der Waals surface area contributed by atoms with Crippen molar-refractivity contribution in [3.8, 4) is 5.75 Å². The number of hydrogen-bond acceptors (Lipinski definition) is 6. The molecule has 2 heterocycles. The molecule has 0 bridgehead atoms. The van der Waals surface area contributed by atoms with Crippen LogP contribution in [-0.2, 0) is 9.53 Å². The Labute approximate surface area is 168 Å². The van der Waals surface area contributed by atoms with Gasteiger partial charge < -0.3 is 14.4 Å². The van der Waals surface area contributed by atoms with Gasteiger partial charge in [0.15, 0.2) is 0 Å². The van der Waals surface area contributed by atoms with Gasteiger partial charge in [-0.1, -0.05) is 24.4 Å². The molecule has 0 saturated carbocycles. The molecule has 6 nitrogen and oxygen atoms in total. The average Bonchev–Trinajstić information content (AvgIpc) is 2.96. The molecular weight excluding hydrogens is 384 g/mol. The molecule has 0 radical (unpaired) electrons. The van der Waals surface area contributed by atoms with Gasteiger partial charge in [0.1, 0.15) is 10.7 Å². The normalized spacial score (nSPS) is 19.1. The van der Waals surface area contributed by atoms with Gasteiger partial charge in [0, 0.05) is 26.1 Å². The molecule has 8 heteroatoms. The number of thioether (sulfide) groups is 1. The molecule has 2 amide bonds. The van der Waals surface area contributed by atoms with E-state index in [1.54, 1.807) is 12.0 Å². The lowest BCUT2D eigenvalue weighted by atomic mass is 10.2. The maximum atomic E-state index is 12.3. The molecule has 144 valence electrons. The van der Waals surface area contributed by atoms with E-state index in [-0.39, 0.29) is 11.1 Å². The van der Waals surface area contributed by atoms with Crippen LogP contribution in [0.2, 0.25) is 0 Å². The molecule has 27 heavy (non-hydrogen) atoms. The van der Waals surface area contributed by atoms with Gasteiger partial charge in [-0.15, -0.1) is 0 Å². The molecule has 2 aliphatic heterocycles. The zero-order valence-electron chi connectivity index (χ0n) is 15.2. The number of ether oxygens (including phenoxy) is 2. The lowest BCUT2D eigenvalue weighted by Gasteiger charge is -2.27. The van der Waals surface area contributed by atoms with E-state index in [2.05, 4.69) is 0 Å². The van der Waals surface area contributed by atoms with Gasteiger partial charge in [0.2, 0.25) is 5.91 Å². The summed E-state index contributed by atoms with van der Waals surface area (Å²) in [5, 5.41) is -0.0846. The summed E-state index contributed by atoms with van der Waals surface area (Å²) in [6.45, 7) is 2.93. The summed E-state index contributed by atoms with van der Waals surface area (Å²) >= 11 is 6.61. The summed E-state index contributed by atoms with van der Waals surface area (Å²) < 4.78 is 10.4. The lowest BCUT2D eigenvalue weighted by molar-refractivity contribution is -0.135. The SMILES string of the molecule is COc1ccc(/C=C2\SC(=O)N(CCCC(=O)N3CCOCC3)C2=S)cc1. The van der Waals surface area contributed by atoms with Crippen molar-refractivity contribution in [3.05, 3.63) is 34.7 Å². The number of methoxy groups -OCH3 is 1. The fourth-order valence-electron chi connectivity index (χ4n) is 2.90. The molecule has 2 saturated heterocycles. The second kappa shape index (κ2) is 9.34. The van der Waals surface area contributed by atoms with Gasteiger partial charge in [-0.2, -0.15) is 0 Å². The summed E-state index contributed by atoms with van der Waals surface area (Å²) in [6, 6.07) is 7.57. The highest BCUT2D eigenvalue weighted by Gasteiger charge is 2.31. The van der Waals surface area contributed by atoms with Crippen LogP contribution >= 0.6 is 24.0 Å². The molecule has 0 aromatic heterocycles. The maximum absolute atomic E-state index is 12.3. The molecular formula is C19H22N2O4S2. The first kappa shape index (κ1) is 19.9. The van der Waals surface area contributed by atoms with Crippen LogP contribution in [0.1, 0.15) is 18.4 Å². The quantitative estimate of drug-likeness (QED) is 0.534. The minimum atomic E-state index is -0.0846. The number of nitrogens with zero attached hydrogens (tertiary/aromatic N) is 2. The van der Waals surface area contributed by atoms with Gasteiger partial charge >= 0.3 is 0 Å². The van der Waals surface area contributed by atoms with E-state index in [4.69, 9.17) is 21.7 Å². The molecule has 2 aliphatic rings. The smallest absolute Gasteiger partial charge is 0.291 e. The van der Waals surface area contributed by atoms with E-state index in [9.17, 15) is 9.59 Å². The molecule has 0 aliphatic carbocycles. The van der Waals surface area contributed by atoms with Crippen molar-refractivity contribution < 1.29 is 19.1 Å². The van der Waals surface area contributed by atoms with Gasteiger partial charge in [0.25, 0.3) is 5.24 Å². The Morgan fingerprint density at radius 3 is 2.67 bits per heavy atom. The zero-order valence-corrected chi connectivity index (χ0v) is 16.8. The first-order valence-corrected chi connectivity index (χ1v) is 10.1. The van der Waals surface area contributed by atoms with Crippen LogP contribution in [0.3, 0.4) is 0 Å². The van der Waals surface area contributed by atoms with E-state index in [0.29, 0.717) is 50.7 Å². The van der Waals surface area contributed by atoms with Crippen LogP contribution < -0.4 is 4.74 Å². The van der Waals surface area contributed by atoms with Gasteiger partial charge in [-0.3, -0.25) is 14.5 Å². The molecule has 1 aromatic carbocycles. The predicted octanol–water partition coefficient (Wildman–Crippen LogP) is 3.17. The Balaban J connectivity index is 1.54. The van der Waals surface area contributed by atoms with Crippen molar-refractivity contribution in [2.75, 3.05) is 40.0 Å². The van der Waals surface area contributed by atoms with E-state index in [0.717, 1.165) is 28.0 Å². The molecule has 0 atom stereocenters. The second-order valence-corrected chi connectivity index (χ2v) is 7.58. The Morgan fingerprint density at radius 2 is 2.00 bits per heavy atom. The number of rotatable bonds is 6. The molecule has 0 unspecified atom stereocenters. The van der Waals surface area contributed by atoms with Crippen molar-refractivity contribution in [1.29, 1.82) is 0 Å². The number of benzene rings is 1. The largest absolute Gasteiger partial charge is 0.497 e. The number of hydrogen-bond donors (Lipinski definition) is 0. The molecule has 0 spiro atoms. The van der Waals surface area contributed by atoms with E-state index < -0.39 is 0 Å². The predicted molar refractivity (Wildman–Crippen MR) is 110 cm³/mol. The summed E-state index contributed by atoms with van der Waals surface area (Å²) in [5.41, 5.74) is 0.956. The van der Waals surface area contributed by atoms with Crippen LogP contribution in [0.15, 0.2) is 29.2 Å². The number of carbonyl (C=O) groups is 2. The number of morpholine rings is 1. The van der Waals surface area contributed by atoms with Gasteiger partial charge in [0.05, 0.1) is 25.2 Å². The molecule has 1 aromatic rings. The summed E-state index contributed by atoms with van der Waals surface area (Å²) in [7, 11) is 1.62. The van der Waals surface area contributed by atoms with Crippen LogP contribution in [0.4, 0.5) is 4.79 Å². The average molecular weight is 407 g/mol. The van der Waals surface area contributed by atoms with Crippen molar-refractivity contribution >= 4 is 46.2 Å². The monoisotopic (exact) mass is 406 g/mol. The molecule has 0 N–H and O–H groups in total. The van der Waals surface area contributed by atoms with Crippen LogP contribution in [-0.4, -0.2) is 65.9 Å². The summed E-state index contributed by atoms with van der Waals surface area (Å²) in [5.74, 6) is 0.888. The Kier molecular flexibility index (Phi) is 6.87. The molecule has 3 rings (SSSR count). The third-order valence-electron chi connectivity index (χ3n) is 4.42. The van der Waals surface area contributed by atoms with E-state index >= 15 is 0 Å². The first-order valence-electron chi connectivity index (χ1n) is 8.83. The number of carbonyl (C=O) groups excluding carboxylic acids is 2. The van der Waals surface area contributed by atoms with Crippen molar-refractivity contribution in [1.82, 2.24) is 9.80 Å². The highest BCUT2D eigenvalue weighted by molar-refractivity contribution is 8.19. The topological polar surface area (TPSA) is 59.1 Å². The third-order valence-corrected chi connectivity index (χ3v) is 5.92. The number of thiocarbonyl (C=S) groups is 1. The van der Waals surface area contributed by atoms with Crippen molar-refractivity contribution in [2.24, 2.45) is 0 Å². The van der Waals surface area contributed by atoms with Crippen LogP contribution in [0, 0.1) is 0 Å². The van der Waals surface area contributed by atoms with E-state index in [1.807, 2.05) is 35.2 Å². The van der Waals surface area contributed by atoms with Gasteiger partial charge in [-0.25, -0.2) is 0 Å². The third kappa shape index (κ3) is 5.09. The zero-order chi connectivity index (χ0) is 19.2. The lowest BCUT2D eigenvalue weighted by Crippen LogP contribution is -2.41. The first-order chi connectivity index (χ1) is 13.1. The number of amides is 2.